The van der Waals surface area contributed by atoms with E-state index in [4.69, 9.17) is 4.74 Å². The highest BCUT2D eigenvalue weighted by Crippen LogP contribution is 2.58. The third-order valence-electron chi connectivity index (χ3n) is 8.16. The maximum absolute atomic E-state index is 14.1. The maximum Gasteiger partial charge on any atom is 0.255 e. The number of alkyl halides is 1. The Morgan fingerprint density at radius 1 is 0.850 bits per heavy atom. The molecule has 0 unspecified atom stereocenters. The lowest BCUT2D eigenvalue weighted by molar-refractivity contribution is -0.118. The number of carbonyl (C=O) groups is 2. The Morgan fingerprint density at radius 3 is 1.93 bits per heavy atom. The van der Waals surface area contributed by atoms with Gasteiger partial charge >= 0.3 is 0 Å². The fraction of sp³-hybridized carbons (Fsp3) is 0.375. The molecule has 7 nitrogen and oxygen atoms in total. The Labute approximate surface area is 245 Å². The molecule has 2 amide bonds. The van der Waals surface area contributed by atoms with Gasteiger partial charge in [0.05, 0.1) is 5.33 Å². The first-order valence-corrected chi connectivity index (χ1v) is 15.3. The molecule has 3 aromatic rings. The van der Waals surface area contributed by atoms with Crippen molar-refractivity contribution in [3.8, 4) is 11.5 Å². The van der Waals surface area contributed by atoms with Crippen LogP contribution in [0.1, 0.15) is 54.7 Å². The molecule has 2 heterocycles. The zero-order valence-electron chi connectivity index (χ0n) is 23.7. The monoisotopic (exact) mass is 604 g/mol. The van der Waals surface area contributed by atoms with E-state index >= 15 is 0 Å². The fourth-order valence-electron chi connectivity index (χ4n) is 6.26. The van der Waals surface area contributed by atoms with Gasteiger partial charge in [-0.05, 0) is 51.5 Å². The fourth-order valence-corrected chi connectivity index (χ4v) is 6.45. The number of hydrogen-bond acceptors (Lipinski definition) is 5. The molecule has 2 aliphatic rings. The highest BCUT2D eigenvalue weighted by molar-refractivity contribution is 9.09. The smallest absolute Gasteiger partial charge is 0.255 e. The molecule has 210 valence electrons. The minimum atomic E-state index is -0.890. The second-order valence-corrected chi connectivity index (χ2v) is 10.6. The zero-order valence-corrected chi connectivity index (χ0v) is 25.3. The first-order valence-electron chi connectivity index (χ1n) is 14.1. The minimum absolute atomic E-state index is 0.0527. The van der Waals surface area contributed by atoms with E-state index in [0.717, 1.165) is 65.7 Å². The van der Waals surface area contributed by atoms with Crippen LogP contribution in [0.3, 0.4) is 0 Å². The number of hydrogen-bond donors (Lipinski definition) is 1. The number of rotatable bonds is 10. The standard InChI is InChI=1S/C32H37BrN4O3/c1-5-35(6-2)22-13-15-26-28(19-22)40-29-20-23(36(7-3)8-4)14-16-27(29)32(26)25-12-10-9-11-24(25)31(39)37(32)18-17-34-30(38)21-33/h9-16,19-20H,5-8,17-18,21H2,1-4H3,(H,34,38). The summed E-state index contributed by atoms with van der Waals surface area (Å²) in [5.74, 6) is 1.32. The van der Waals surface area contributed by atoms with Crippen LogP contribution in [0.2, 0.25) is 0 Å². The molecule has 0 aromatic heterocycles. The average Bonchev–Trinajstić information content (AvgIpc) is 3.22. The molecule has 2 aliphatic heterocycles. The van der Waals surface area contributed by atoms with Crippen molar-refractivity contribution < 1.29 is 14.3 Å². The van der Waals surface area contributed by atoms with Crippen molar-refractivity contribution in [3.05, 3.63) is 82.9 Å². The van der Waals surface area contributed by atoms with Crippen LogP contribution in [-0.2, 0) is 10.3 Å². The van der Waals surface area contributed by atoms with Crippen molar-refractivity contribution in [2.45, 2.75) is 33.2 Å². The van der Waals surface area contributed by atoms with Gasteiger partial charge in [-0.25, -0.2) is 0 Å². The minimum Gasteiger partial charge on any atom is -0.456 e. The summed E-state index contributed by atoms with van der Waals surface area (Å²) in [7, 11) is 0. The number of ether oxygens (including phenoxy) is 1. The second-order valence-electron chi connectivity index (χ2n) is 10.0. The molecule has 40 heavy (non-hydrogen) atoms. The van der Waals surface area contributed by atoms with Gasteiger partial charge in [-0.2, -0.15) is 0 Å². The number of carbonyl (C=O) groups excluding carboxylic acids is 2. The average molecular weight is 606 g/mol. The van der Waals surface area contributed by atoms with E-state index in [1.54, 1.807) is 0 Å². The zero-order chi connectivity index (χ0) is 28.4. The van der Waals surface area contributed by atoms with Gasteiger partial charge in [-0.1, -0.05) is 46.3 Å². The molecule has 5 rings (SSSR count). The Bertz CT molecular complexity index is 1360. The largest absolute Gasteiger partial charge is 0.456 e. The van der Waals surface area contributed by atoms with Crippen molar-refractivity contribution in [2.75, 3.05) is 54.4 Å². The van der Waals surface area contributed by atoms with E-state index in [1.165, 1.54) is 0 Å². The number of anilines is 2. The lowest BCUT2D eigenvalue weighted by Gasteiger charge is -2.45. The second kappa shape index (κ2) is 11.5. The Hall–Kier alpha value is -3.52. The number of amides is 2. The van der Waals surface area contributed by atoms with Crippen LogP contribution in [0.4, 0.5) is 11.4 Å². The molecule has 8 heteroatoms. The van der Waals surface area contributed by atoms with Crippen molar-refractivity contribution >= 4 is 39.1 Å². The predicted octanol–water partition coefficient (Wildman–Crippen LogP) is 5.74. The van der Waals surface area contributed by atoms with Crippen LogP contribution in [0.25, 0.3) is 0 Å². The number of nitrogens with one attached hydrogen (secondary N) is 1. The van der Waals surface area contributed by atoms with E-state index in [0.29, 0.717) is 18.7 Å². The molecule has 0 saturated carbocycles. The normalized spacial score (nSPS) is 14.3. The highest BCUT2D eigenvalue weighted by atomic mass is 79.9. The summed E-state index contributed by atoms with van der Waals surface area (Å²) in [5, 5.41) is 3.15. The molecule has 0 aliphatic carbocycles. The Morgan fingerprint density at radius 2 is 1.40 bits per heavy atom. The SMILES string of the molecule is CCN(CC)c1ccc2c(c1)Oc1cc(N(CC)CC)ccc1C21c2ccccc2C(=O)N1CCNC(=O)CBr. The molecule has 0 radical (unpaired) electrons. The van der Waals surface area contributed by atoms with Gasteiger partial charge in [0.1, 0.15) is 17.0 Å². The summed E-state index contributed by atoms with van der Waals surface area (Å²) in [6.45, 7) is 12.8. The lowest BCUT2D eigenvalue weighted by Crippen LogP contribution is -2.50. The molecule has 0 fully saturated rings. The summed E-state index contributed by atoms with van der Waals surface area (Å²) in [4.78, 5) is 32.7. The Kier molecular flexibility index (Phi) is 8.08. The quantitative estimate of drug-likeness (QED) is 0.299. The molecule has 1 N–H and O–H groups in total. The van der Waals surface area contributed by atoms with E-state index in [-0.39, 0.29) is 17.1 Å². The van der Waals surface area contributed by atoms with Crippen molar-refractivity contribution in [1.82, 2.24) is 10.2 Å². The molecule has 0 bridgehead atoms. The number of fused-ring (bicyclic) bond motifs is 6. The molecule has 0 atom stereocenters. The Balaban J connectivity index is 1.76. The molecule has 3 aromatic carbocycles. The summed E-state index contributed by atoms with van der Waals surface area (Å²) < 4.78 is 6.72. The summed E-state index contributed by atoms with van der Waals surface area (Å²) in [6, 6.07) is 20.6. The van der Waals surface area contributed by atoms with Gasteiger partial charge in [-0.15, -0.1) is 0 Å². The van der Waals surface area contributed by atoms with E-state index in [9.17, 15) is 9.59 Å². The van der Waals surface area contributed by atoms with Gasteiger partial charge in [-0.3, -0.25) is 9.59 Å². The molecule has 1 spiro atoms. The summed E-state index contributed by atoms with van der Waals surface area (Å²) in [6.07, 6.45) is 0. The van der Waals surface area contributed by atoms with E-state index < -0.39 is 5.54 Å². The summed E-state index contributed by atoms with van der Waals surface area (Å²) in [5.41, 5.74) is 4.73. The van der Waals surface area contributed by atoms with Crippen LogP contribution < -0.4 is 19.9 Å². The molecular weight excluding hydrogens is 568 g/mol. The van der Waals surface area contributed by atoms with Crippen molar-refractivity contribution in [3.63, 3.8) is 0 Å². The first kappa shape index (κ1) is 28.0. The van der Waals surface area contributed by atoms with Crippen LogP contribution in [0.15, 0.2) is 60.7 Å². The predicted molar refractivity (Wildman–Crippen MR) is 164 cm³/mol. The lowest BCUT2D eigenvalue weighted by atomic mass is 9.74. The third-order valence-corrected chi connectivity index (χ3v) is 8.67. The molecular formula is C32H37BrN4O3. The number of benzene rings is 3. The third kappa shape index (κ3) is 4.42. The van der Waals surface area contributed by atoms with Crippen LogP contribution >= 0.6 is 15.9 Å². The number of halogens is 1. The van der Waals surface area contributed by atoms with Gasteiger partial charge in [0.2, 0.25) is 5.91 Å². The van der Waals surface area contributed by atoms with Crippen molar-refractivity contribution in [2.24, 2.45) is 0 Å². The van der Waals surface area contributed by atoms with Crippen molar-refractivity contribution in [1.29, 1.82) is 0 Å². The maximum atomic E-state index is 14.1. The van der Waals surface area contributed by atoms with Gasteiger partial charge in [0, 0.05) is 79.5 Å². The van der Waals surface area contributed by atoms with Crippen LogP contribution in [0.5, 0.6) is 11.5 Å². The first-order chi connectivity index (χ1) is 19.4. The van der Waals surface area contributed by atoms with Crippen LogP contribution in [-0.4, -0.2) is 61.3 Å². The highest BCUT2D eigenvalue weighted by Gasteiger charge is 2.56. The van der Waals surface area contributed by atoms with E-state index in [1.807, 2.05) is 23.1 Å². The van der Waals surface area contributed by atoms with E-state index in [2.05, 4.69) is 101 Å². The van der Waals surface area contributed by atoms with Gasteiger partial charge < -0.3 is 24.8 Å². The summed E-state index contributed by atoms with van der Waals surface area (Å²) >= 11 is 3.22. The molecule has 0 saturated heterocycles. The number of nitrogens with zero attached hydrogens (tertiary/aromatic N) is 3. The van der Waals surface area contributed by atoms with Gasteiger partial charge in [0.15, 0.2) is 0 Å². The topological polar surface area (TPSA) is 65.1 Å². The van der Waals surface area contributed by atoms with Crippen LogP contribution in [0, 0.1) is 0 Å². The van der Waals surface area contributed by atoms with Gasteiger partial charge in [0.25, 0.3) is 5.91 Å².